The van der Waals surface area contributed by atoms with Crippen molar-refractivity contribution in [2.24, 2.45) is 0 Å². The van der Waals surface area contributed by atoms with E-state index in [4.69, 9.17) is 14.2 Å². The Balaban J connectivity index is 2.66. The molecule has 0 bridgehead atoms. The SMILES string of the molecule is CC/C=C/C=C/C=C/C=C\CCCCCCC(O)C(=O)NC(COC1OC(CO)C(O)C(O)C1OC(=O)CCCCCCCCCCCCC/C=C/CCCCCCCC)C(O)/C=C/CCCCCCCCCCCC. The molecule has 1 aliphatic rings. The standard InChI is InChI=1S/C65H115NO10/c1-4-7-10-13-16-19-22-25-27-28-29-30-31-32-33-35-38-41-44-47-50-53-60(70)76-63-62(72)61(71)59(54-67)75-65(63)74-55-56(57(68)51-48-45-42-39-36-24-21-18-15-12-9-6-3)66-64(73)58(69)52-49-46-43-40-37-34-26-23-20-17-14-11-8-5-2/h8,11,14,17,20,23,25-27,34,48,51,56-59,61-63,65,67-69,71-72H,4-7,9-10,12-13,15-16,18-19,21-22,24,28-33,35-47,49-50,52-55H2,1-3H3,(H,66,73)/b11-8+,17-14+,23-20+,27-25+,34-26-,51-48+. The van der Waals surface area contributed by atoms with Gasteiger partial charge >= 0.3 is 5.97 Å². The zero-order valence-electron chi connectivity index (χ0n) is 48.6. The fourth-order valence-electron chi connectivity index (χ4n) is 9.48. The molecule has 0 aromatic rings. The van der Waals surface area contributed by atoms with Gasteiger partial charge in [0.1, 0.15) is 24.4 Å². The molecule has 11 heteroatoms. The predicted octanol–water partition coefficient (Wildman–Crippen LogP) is 14.8. The minimum absolute atomic E-state index is 0.118. The van der Waals surface area contributed by atoms with E-state index in [2.05, 4.69) is 50.4 Å². The van der Waals surface area contributed by atoms with E-state index < -0.39 is 67.4 Å². The lowest BCUT2D eigenvalue weighted by molar-refractivity contribution is -0.305. The number of carbonyl (C=O) groups excluding carboxylic acids is 2. The van der Waals surface area contributed by atoms with Crippen LogP contribution in [0.4, 0.5) is 0 Å². The molecule has 1 amide bonds. The number of aliphatic hydroxyl groups is 5. The summed E-state index contributed by atoms with van der Waals surface area (Å²) in [5.41, 5.74) is 0. The number of rotatable bonds is 52. The van der Waals surface area contributed by atoms with Gasteiger partial charge in [0.2, 0.25) is 5.91 Å². The van der Waals surface area contributed by atoms with E-state index in [0.717, 1.165) is 70.6 Å². The zero-order chi connectivity index (χ0) is 55.4. The molecule has 1 aliphatic heterocycles. The van der Waals surface area contributed by atoms with E-state index in [0.29, 0.717) is 12.8 Å². The average molecular weight is 1070 g/mol. The maximum Gasteiger partial charge on any atom is 0.306 e. The minimum atomic E-state index is -1.62. The highest BCUT2D eigenvalue weighted by atomic mass is 16.7. The molecule has 1 heterocycles. The van der Waals surface area contributed by atoms with Crippen LogP contribution in [-0.4, -0.2) is 99.6 Å². The Morgan fingerprint density at radius 3 is 1.46 bits per heavy atom. The molecular weight excluding hydrogens is 955 g/mol. The number of amides is 1. The number of nitrogens with one attached hydrogen (secondary N) is 1. The van der Waals surface area contributed by atoms with Crippen LogP contribution in [0.25, 0.3) is 0 Å². The topological polar surface area (TPSA) is 175 Å². The van der Waals surface area contributed by atoms with Gasteiger partial charge in [0.05, 0.1) is 25.4 Å². The third-order valence-electron chi connectivity index (χ3n) is 14.4. The lowest BCUT2D eigenvalue weighted by Crippen LogP contribution is -2.61. The molecule has 11 nitrogen and oxygen atoms in total. The van der Waals surface area contributed by atoms with Gasteiger partial charge in [-0.05, 0) is 70.6 Å². The number of hydrogen-bond donors (Lipinski definition) is 6. The zero-order valence-corrected chi connectivity index (χ0v) is 48.6. The number of aliphatic hydroxyl groups excluding tert-OH is 5. The smallest absolute Gasteiger partial charge is 0.306 e. The maximum absolute atomic E-state index is 13.4. The summed E-state index contributed by atoms with van der Waals surface area (Å²) in [6, 6.07) is -1.04. The first kappa shape index (κ1) is 71.1. The number of carbonyl (C=O) groups is 2. The number of esters is 1. The molecule has 0 aromatic carbocycles. The van der Waals surface area contributed by atoms with E-state index in [9.17, 15) is 35.1 Å². The molecular formula is C65H115NO10. The van der Waals surface area contributed by atoms with Gasteiger partial charge in [-0.3, -0.25) is 9.59 Å². The monoisotopic (exact) mass is 1070 g/mol. The molecule has 8 unspecified atom stereocenters. The lowest BCUT2D eigenvalue weighted by Gasteiger charge is -2.41. The molecule has 1 rings (SSSR count). The highest BCUT2D eigenvalue weighted by molar-refractivity contribution is 5.80. The Kier molecular flexibility index (Phi) is 49.4. The largest absolute Gasteiger partial charge is 0.454 e. The van der Waals surface area contributed by atoms with Gasteiger partial charge in [0.25, 0.3) is 0 Å². The number of unbranched alkanes of at least 4 members (excludes halogenated alkanes) is 31. The molecule has 0 aromatic heterocycles. The van der Waals surface area contributed by atoms with Gasteiger partial charge < -0.3 is 45.1 Å². The average Bonchev–Trinajstić information content (AvgIpc) is 3.42. The predicted molar refractivity (Wildman–Crippen MR) is 315 cm³/mol. The number of hydrogen-bond acceptors (Lipinski definition) is 10. The molecule has 0 aliphatic carbocycles. The fraction of sp³-hybridized carbons (Fsp3) is 0.785. The van der Waals surface area contributed by atoms with Gasteiger partial charge in [0, 0.05) is 6.42 Å². The second-order valence-electron chi connectivity index (χ2n) is 21.5. The van der Waals surface area contributed by atoms with E-state index in [1.165, 1.54) is 148 Å². The van der Waals surface area contributed by atoms with Crippen molar-refractivity contribution >= 4 is 11.9 Å². The minimum Gasteiger partial charge on any atom is -0.454 e. The first-order chi connectivity index (χ1) is 37.2. The first-order valence-electron chi connectivity index (χ1n) is 31.3. The Bertz CT molecular complexity index is 1510. The Morgan fingerprint density at radius 2 is 0.961 bits per heavy atom. The molecule has 0 radical (unpaired) electrons. The van der Waals surface area contributed by atoms with E-state index in [-0.39, 0.29) is 19.4 Å². The van der Waals surface area contributed by atoms with E-state index >= 15 is 0 Å². The van der Waals surface area contributed by atoms with Crippen LogP contribution >= 0.6 is 0 Å². The molecule has 1 saturated heterocycles. The molecule has 1 fully saturated rings. The van der Waals surface area contributed by atoms with Gasteiger partial charge in [-0.2, -0.15) is 0 Å². The maximum atomic E-state index is 13.4. The molecule has 0 saturated carbocycles. The van der Waals surface area contributed by atoms with Crippen LogP contribution in [0.2, 0.25) is 0 Å². The molecule has 76 heavy (non-hydrogen) atoms. The van der Waals surface area contributed by atoms with Crippen LogP contribution in [0.3, 0.4) is 0 Å². The summed E-state index contributed by atoms with van der Waals surface area (Å²) in [6.45, 7) is 5.63. The van der Waals surface area contributed by atoms with Crippen molar-refractivity contribution in [3.8, 4) is 0 Å². The van der Waals surface area contributed by atoms with Crippen molar-refractivity contribution < 1.29 is 49.3 Å². The van der Waals surface area contributed by atoms with Crippen LogP contribution < -0.4 is 5.32 Å². The summed E-state index contributed by atoms with van der Waals surface area (Å²) < 4.78 is 17.6. The molecule has 440 valence electrons. The summed E-state index contributed by atoms with van der Waals surface area (Å²) >= 11 is 0. The lowest BCUT2D eigenvalue weighted by atomic mass is 9.99. The summed E-state index contributed by atoms with van der Waals surface area (Å²) in [5.74, 6) is -1.22. The van der Waals surface area contributed by atoms with E-state index in [1.807, 2.05) is 42.5 Å². The second kappa shape index (κ2) is 52.8. The van der Waals surface area contributed by atoms with Gasteiger partial charge in [-0.15, -0.1) is 0 Å². The van der Waals surface area contributed by atoms with Gasteiger partial charge in [0.15, 0.2) is 12.4 Å². The van der Waals surface area contributed by atoms with Crippen LogP contribution in [0.5, 0.6) is 0 Å². The Labute approximate surface area is 464 Å². The third-order valence-corrected chi connectivity index (χ3v) is 14.4. The van der Waals surface area contributed by atoms with E-state index in [1.54, 1.807) is 6.08 Å². The third kappa shape index (κ3) is 40.3. The van der Waals surface area contributed by atoms with Crippen molar-refractivity contribution in [3.05, 3.63) is 72.9 Å². The van der Waals surface area contributed by atoms with Crippen molar-refractivity contribution in [1.82, 2.24) is 5.32 Å². The first-order valence-corrected chi connectivity index (χ1v) is 31.3. The molecule has 6 N–H and O–H groups in total. The Hall–Kier alpha value is -2.90. The number of ether oxygens (including phenoxy) is 3. The summed E-state index contributed by atoms with van der Waals surface area (Å²) in [6.07, 6.45) is 56.6. The van der Waals surface area contributed by atoms with Crippen LogP contribution in [0, 0.1) is 0 Å². The summed E-state index contributed by atoms with van der Waals surface area (Å²) in [7, 11) is 0. The quantitative estimate of drug-likeness (QED) is 0.0149. The number of allylic oxidation sites excluding steroid dienone is 11. The second-order valence-corrected chi connectivity index (χ2v) is 21.5. The fourth-order valence-corrected chi connectivity index (χ4v) is 9.48. The van der Waals surface area contributed by atoms with Crippen molar-refractivity contribution in [1.29, 1.82) is 0 Å². The Morgan fingerprint density at radius 1 is 0.526 bits per heavy atom. The van der Waals surface area contributed by atoms with Gasteiger partial charge in [-0.25, -0.2) is 0 Å². The highest BCUT2D eigenvalue weighted by Gasteiger charge is 2.47. The van der Waals surface area contributed by atoms with Gasteiger partial charge in [-0.1, -0.05) is 261 Å². The summed E-state index contributed by atoms with van der Waals surface area (Å²) in [5, 5.41) is 56.9. The molecule has 0 spiro atoms. The normalized spacial score (nSPS) is 19.6. The van der Waals surface area contributed by atoms with Crippen LogP contribution in [0.1, 0.15) is 265 Å². The van der Waals surface area contributed by atoms with Crippen molar-refractivity contribution in [2.45, 2.75) is 314 Å². The molecule has 8 atom stereocenters. The van der Waals surface area contributed by atoms with Crippen LogP contribution in [-0.2, 0) is 23.8 Å². The van der Waals surface area contributed by atoms with Crippen LogP contribution in [0.15, 0.2) is 72.9 Å². The van der Waals surface area contributed by atoms with Crippen molar-refractivity contribution in [2.75, 3.05) is 13.2 Å². The summed E-state index contributed by atoms with van der Waals surface area (Å²) in [4.78, 5) is 26.5. The highest BCUT2D eigenvalue weighted by Crippen LogP contribution is 2.26. The van der Waals surface area contributed by atoms with Crippen molar-refractivity contribution in [3.63, 3.8) is 0 Å².